The Balaban J connectivity index is 1.52. The van der Waals surface area contributed by atoms with Crippen molar-refractivity contribution in [3.05, 3.63) is 18.7 Å². The van der Waals surface area contributed by atoms with Crippen LogP contribution in [0, 0.1) is 5.41 Å². The summed E-state index contributed by atoms with van der Waals surface area (Å²) >= 11 is 0. The zero-order chi connectivity index (χ0) is 12.3. The molecule has 4 nitrogen and oxygen atoms in total. The first-order valence-electron chi connectivity index (χ1n) is 7.16. The van der Waals surface area contributed by atoms with Crippen LogP contribution in [-0.4, -0.2) is 35.4 Å². The van der Waals surface area contributed by atoms with Gasteiger partial charge in [-0.3, -0.25) is 0 Å². The third kappa shape index (κ3) is 2.45. The Morgan fingerprint density at radius 2 is 2.22 bits per heavy atom. The highest BCUT2D eigenvalue weighted by Crippen LogP contribution is 2.45. The molecule has 1 aromatic rings. The van der Waals surface area contributed by atoms with Gasteiger partial charge in [-0.2, -0.15) is 0 Å². The lowest BCUT2D eigenvalue weighted by Gasteiger charge is -2.39. The molecule has 4 heteroatoms. The summed E-state index contributed by atoms with van der Waals surface area (Å²) in [5.74, 6) is 0. The molecule has 100 valence electrons. The van der Waals surface area contributed by atoms with E-state index in [2.05, 4.69) is 14.9 Å². The second-order valence-electron chi connectivity index (χ2n) is 5.67. The predicted octanol–water partition coefficient (Wildman–Crippen LogP) is 1.82. The smallest absolute Gasteiger partial charge is 0.0946 e. The summed E-state index contributed by atoms with van der Waals surface area (Å²) in [6, 6.07) is 0.699. The molecule has 2 fully saturated rings. The summed E-state index contributed by atoms with van der Waals surface area (Å²) in [5, 5.41) is 3.78. The van der Waals surface area contributed by atoms with E-state index >= 15 is 0 Å². The lowest BCUT2D eigenvalue weighted by atomic mass is 9.75. The molecule has 2 heterocycles. The van der Waals surface area contributed by atoms with E-state index < -0.39 is 0 Å². The van der Waals surface area contributed by atoms with Crippen LogP contribution in [0.2, 0.25) is 0 Å². The number of rotatable bonds is 4. The van der Waals surface area contributed by atoms with Gasteiger partial charge in [-0.15, -0.1) is 0 Å². The summed E-state index contributed by atoms with van der Waals surface area (Å²) in [4.78, 5) is 4.07. The molecule has 1 aliphatic heterocycles. The highest BCUT2D eigenvalue weighted by Gasteiger charge is 2.43. The van der Waals surface area contributed by atoms with Crippen LogP contribution in [0.25, 0.3) is 0 Å². The third-order valence-electron chi connectivity index (χ3n) is 4.72. The Hall–Kier alpha value is -0.870. The number of aromatic nitrogens is 2. The maximum absolute atomic E-state index is 5.53. The molecule has 1 aliphatic carbocycles. The largest absolute Gasteiger partial charge is 0.381 e. The van der Waals surface area contributed by atoms with E-state index in [1.807, 2.05) is 18.7 Å². The molecule has 1 saturated heterocycles. The Bertz CT molecular complexity index is 357. The van der Waals surface area contributed by atoms with Crippen LogP contribution >= 0.6 is 0 Å². The van der Waals surface area contributed by atoms with Crippen molar-refractivity contribution < 1.29 is 4.74 Å². The Morgan fingerprint density at radius 3 is 3.00 bits per heavy atom. The van der Waals surface area contributed by atoms with Gasteiger partial charge in [0, 0.05) is 44.7 Å². The van der Waals surface area contributed by atoms with Gasteiger partial charge in [-0.1, -0.05) is 6.42 Å². The molecule has 1 atom stereocenters. The summed E-state index contributed by atoms with van der Waals surface area (Å²) in [5.41, 5.74) is 0.535. The quantitative estimate of drug-likeness (QED) is 0.884. The first kappa shape index (κ1) is 12.2. The van der Waals surface area contributed by atoms with Gasteiger partial charge < -0.3 is 14.6 Å². The molecule has 2 aliphatic rings. The molecule has 0 bridgehead atoms. The van der Waals surface area contributed by atoms with Gasteiger partial charge in [-0.25, -0.2) is 4.98 Å². The van der Waals surface area contributed by atoms with E-state index in [-0.39, 0.29) is 0 Å². The average molecular weight is 249 g/mol. The van der Waals surface area contributed by atoms with E-state index in [1.165, 1.54) is 32.1 Å². The first-order chi connectivity index (χ1) is 8.89. The average Bonchev–Trinajstić information content (AvgIpc) is 3.02. The van der Waals surface area contributed by atoms with Crippen molar-refractivity contribution >= 4 is 0 Å². The Kier molecular flexibility index (Phi) is 3.66. The minimum Gasteiger partial charge on any atom is -0.381 e. The van der Waals surface area contributed by atoms with Gasteiger partial charge in [0.15, 0.2) is 0 Å². The predicted molar refractivity (Wildman–Crippen MR) is 70.4 cm³/mol. The third-order valence-corrected chi connectivity index (χ3v) is 4.72. The normalized spacial score (nSPS) is 26.8. The summed E-state index contributed by atoms with van der Waals surface area (Å²) in [7, 11) is 0. The molecule has 1 unspecified atom stereocenters. The number of nitrogens with one attached hydrogen (secondary N) is 1. The lowest BCUT2D eigenvalue weighted by molar-refractivity contribution is 0.00438. The molecule has 1 saturated carbocycles. The molecule has 1 N–H and O–H groups in total. The molecule has 0 aromatic carbocycles. The van der Waals surface area contributed by atoms with Crippen molar-refractivity contribution in [3.63, 3.8) is 0 Å². The van der Waals surface area contributed by atoms with Gasteiger partial charge >= 0.3 is 0 Å². The van der Waals surface area contributed by atoms with Crippen LogP contribution in [0.1, 0.15) is 32.1 Å². The monoisotopic (exact) mass is 249 g/mol. The van der Waals surface area contributed by atoms with Crippen LogP contribution in [-0.2, 0) is 11.3 Å². The topological polar surface area (TPSA) is 39.1 Å². The molecule has 0 radical (unpaired) electrons. The van der Waals surface area contributed by atoms with Crippen molar-refractivity contribution in [1.29, 1.82) is 0 Å². The number of ether oxygens (including phenoxy) is 1. The first-order valence-corrected chi connectivity index (χ1v) is 7.16. The Morgan fingerprint density at radius 1 is 1.33 bits per heavy atom. The molecule has 1 aromatic heterocycles. The van der Waals surface area contributed by atoms with Gasteiger partial charge in [0.25, 0.3) is 0 Å². The fourth-order valence-corrected chi connectivity index (χ4v) is 3.62. The number of hydrogen-bond acceptors (Lipinski definition) is 3. The summed E-state index contributed by atoms with van der Waals surface area (Å²) in [6.07, 6.45) is 12.4. The van der Waals surface area contributed by atoms with Crippen LogP contribution in [0.5, 0.6) is 0 Å². The fraction of sp³-hybridized carbons (Fsp3) is 0.786. The van der Waals surface area contributed by atoms with Gasteiger partial charge in [0.1, 0.15) is 0 Å². The maximum Gasteiger partial charge on any atom is 0.0946 e. The zero-order valence-electron chi connectivity index (χ0n) is 11.0. The van der Waals surface area contributed by atoms with Gasteiger partial charge in [0.2, 0.25) is 0 Å². The molecular weight excluding hydrogens is 226 g/mol. The SMILES string of the molecule is c1cn(CCNC2CCCC23CCOCC3)cn1. The minimum absolute atomic E-state index is 0.535. The maximum atomic E-state index is 5.53. The highest BCUT2D eigenvalue weighted by atomic mass is 16.5. The Labute approximate surface area is 109 Å². The van der Waals surface area contributed by atoms with Gasteiger partial charge in [-0.05, 0) is 31.1 Å². The fourth-order valence-electron chi connectivity index (χ4n) is 3.62. The number of imidazole rings is 1. The summed E-state index contributed by atoms with van der Waals surface area (Å²) in [6.45, 7) is 3.98. The lowest BCUT2D eigenvalue weighted by Crippen LogP contribution is -2.45. The molecule has 1 spiro atoms. The zero-order valence-corrected chi connectivity index (χ0v) is 11.0. The highest BCUT2D eigenvalue weighted by molar-refractivity contribution is 4.97. The van der Waals surface area contributed by atoms with Crippen molar-refractivity contribution in [1.82, 2.24) is 14.9 Å². The molecule has 0 amide bonds. The standard InChI is InChI=1S/C14H23N3O/c1-2-13(14(3-1)4-10-18-11-5-14)16-7-9-17-8-6-15-12-17/h6,8,12-13,16H,1-5,7,9-11H2. The molecular formula is C14H23N3O. The summed E-state index contributed by atoms with van der Waals surface area (Å²) < 4.78 is 7.67. The van der Waals surface area contributed by atoms with E-state index in [1.54, 1.807) is 0 Å². The van der Waals surface area contributed by atoms with E-state index in [0.717, 1.165) is 26.3 Å². The number of hydrogen-bond donors (Lipinski definition) is 1. The second-order valence-corrected chi connectivity index (χ2v) is 5.67. The van der Waals surface area contributed by atoms with E-state index in [9.17, 15) is 0 Å². The van der Waals surface area contributed by atoms with Crippen molar-refractivity contribution in [2.24, 2.45) is 5.41 Å². The van der Waals surface area contributed by atoms with Crippen LogP contribution < -0.4 is 5.32 Å². The van der Waals surface area contributed by atoms with Crippen molar-refractivity contribution in [2.45, 2.75) is 44.7 Å². The molecule has 18 heavy (non-hydrogen) atoms. The second kappa shape index (κ2) is 5.41. The van der Waals surface area contributed by atoms with Crippen molar-refractivity contribution in [2.75, 3.05) is 19.8 Å². The van der Waals surface area contributed by atoms with Crippen LogP contribution in [0.15, 0.2) is 18.7 Å². The van der Waals surface area contributed by atoms with E-state index in [0.29, 0.717) is 11.5 Å². The van der Waals surface area contributed by atoms with Crippen LogP contribution in [0.3, 0.4) is 0 Å². The van der Waals surface area contributed by atoms with E-state index in [4.69, 9.17) is 4.74 Å². The number of nitrogens with zero attached hydrogens (tertiary/aromatic N) is 2. The van der Waals surface area contributed by atoms with Crippen LogP contribution in [0.4, 0.5) is 0 Å². The minimum atomic E-state index is 0.535. The van der Waals surface area contributed by atoms with Gasteiger partial charge in [0.05, 0.1) is 6.33 Å². The van der Waals surface area contributed by atoms with Crippen molar-refractivity contribution in [3.8, 4) is 0 Å². The molecule has 3 rings (SSSR count).